The summed E-state index contributed by atoms with van der Waals surface area (Å²) in [6.45, 7) is 8.79. The van der Waals surface area contributed by atoms with E-state index in [1.165, 1.54) is 10.9 Å². The molecule has 0 saturated carbocycles. The average Bonchev–Trinajstić information content (AvgIpc) is 3.07. The Morgan fingerprint density at radius 1 is 1.11 bits per heavy atom. The summed E-state index contributed by atoms with van der Waals surface area (Å²) < 4.78 is 2.23. The quantitative estimate of drug-likeness (QED) is 0.821. The number of carbonyl (C=O) groups excluding carboxylic acids is 2. The summed E-state index contributed by atoms with van der Waals surface area (Å²) in [6.07, 6.45) is 4.53. The molecule has 2 amide bonds. The summed E-state index contributed by atoms with van der Waals surface area (Å²) in [6, 6.07) is 10.5. The zero-order valence-corrected chi connectivity index (χ0v) is 16.7. The number of nitrogens with one attached hydrogen (secondary N) is 1. The van der Waals surface area contributed by atoms with Crippen molar-refractivity contribution in [3.05, 3.63) is 36.5 Å². The van der Waals surface area contributed by atoms with Crippen molar-refractivity contribution in [2.75, 3.05) is 19.6 Å². The summed E-state index contributed by atoms with van der Waals surface area (Å²) >= 11 is 0. The fourth-order valence-electron chi connectivity index (χ4n) is 3.76. The molecule has 0 radical (unpaired) electrons. The zero-order chi connectivity index (χ0) is 19.4. The van der Waals surface area contributed by atoms with Gasteiger partial charge in [-0.15, -0.1) is 0 Å². The van der Waals surface area contributed by atoms with E-state index >= 15 is 0 Å². The van der Waals surface area contributed by atoms with Gasteiger partial charge in [-0.1, -0.05) is 39.0 Å². The van der Waals surface area contributed by atoms with Gasteiger partial charge < -0.3 is 14.8 Å². The predicted molar refractivity (Wildman–Crippen MR) is 108 cm³/mol. The van der Waals surface area contributed by atoms with Crippen LogP contribution >= 0.6 is 0 Å². The predicted octanol–water partition coefficient (Wildman–Crippen LogP) is 3.43. The summed E-state index contributed by atoms with van der Waals surface area (Å²) in [4.78, 5) is 26.7. The van der Waals surface area contributed by atoms with Crippen molar-refractivity contribution in [3.63, 3.8) is 0 Å². The number of fused-ring (bicyclic) bond motifs is 1. The van der Waals surface area contributed by atoms with E-state index in [4.69, 9.17) is 0 Å². The molecule has 5 heteroatoms. The van der Waals surface area contributed by atoms with E-state index in [0.29, 0.717) is 19.6 Å². The molecule has 2 aromatic rings. The second-order valence-electron chi connectivity index (χ2n) is 8.53. The number of benzene rings is 1. The van der Waals surface area contributed by atoms with Crippen LogP contribution in [0.25, 0.3) is 10.9 Å². The first kappa shape index (κ1) is 19.5. The number of likely N-dealkylation sites (tertiary alicyclic amines) is 1. The SMILES string of the molecule is CC(C)(C)C(=O)N1CCC(C(=O)NCCCn2ccc3ccccc32)CC1. The summed E-state index contributed by atoms with van der Waals surface area (Å²) in [5, 5.41) is 4.33. The van der Waals surface area contributed by atoms with Crippen molar-refractivity contribution < 1.29 is 9.59 Å². The van der Waals surface area contributed by atoms with Crippen LogP contribution in [0.15, 0.2) is 36.5 Å². The zero-order valence-electron chi connectivity index (χ0n) is 16.7. The minimum absolute atomic E-state index is 0.0291. The second-order valence-corrected chi connectivity index (χ2v) is 8.53. The number of aryl methyl sites for hydroxylation is 1. The van der Waals surface area contributed by atoms with Crippen LogP contribution in [0.3, 0.4) is 0 Å². The highest BCUT2D eigenvalue weighted by atomic mass is 16.2. The molecule has 1 aliphatic heterocycles. The third kappa shape index (κ3) is 4.71. The number of para-hydroxylation sites is 1. The Morgan fingerprint density at radius 2 is 1.81 bits per heavy atom. The molecular weight excluding hydrogens is 338 g/mol. The van der Waals surface area contributed by atoms with Crippen molar-refractivity contribution in [2.24, 2.45) is 11.3 Å². The smallest absolute Gasteiger partial charge is 0.227 e. The fourth-order valence-corrected chi connectivity index (χ4v) is 3.76. The first-order valence-corrected chi connectivity index (χ1v) is 9.97. The standard InChI is InChI=1S/C22H31N3O2/c1-22(2,3)21(27)25-15-10-18(11-16-25)20(26)23-12-6-13-24-14-9-17-7-4-5-8-19(17)24/h4-5,7-9,14,18H,6,10-13,15-16H2,1-3H3,(H,23,26). The Balaban J connectivity index is 1.40. The van der Waals surface area contributed by atoms with Crippen LogP contribution in [0.2, 0.25) is 0 Å². The van der Waals surface area contributed by atoms with Gasteiger partial charge in [0.15, 0.2) is 0 Å². The highest BCUT2D eigenvalue weighted by Crippen LogP contribution is 2.23. The van der Waals surface area contributed by atoms with Crippen molar-refractivity contribution in [1.29, 1.82) is 0 Å². The lowest BCUT2D eigenvalue weighted by molar-refractivity contribution is -0.142. The third-order valence-corrected chi connectivity index (χ3v) is 5.35. The molecule has 27 heavy (non-hydrogen) atoms. The molecule has 1 N–H and O–H groups in total. The maximum atomic E-state index is 12.4. The van der Waals surface area contributed by atoms with Crippen LogP contribution in [0.4, 0.5) is 0 Å². The van der Waals surface area contributed by atoms with Crippen LogP contribution < -0.4 is 5.32 Å². The monoisotopic (exact) mass is 369 g/mol. The Hall–Kier alpha value is -2.30. The van der Waals surface area contributed by atoms with Crippen molar-refractivity contribution in [1.82, 2.24) is 14.8 Å². The first-order valence-electron chi connectivity index (χ1n) is 9.97. The Bertz CT molecular complexity index is 795. The van der Waals surface area contributed by atoms with E-state index in [9.17, 15) is 9.59 Å². The molecule has 0 atom stereocenters. The van der Waals surface area contributed by atoms with Gasteiger partial charge in [0.2, 0.25) is 11.8 Å². The molecule has 1 fully saturated rings. The summed E-state index contributed by atoms with van der Waals surface area (Å²) in [5.74, 6) is 0.344. The molecule has 1 aliphatic rings. The maximum Gasteiger partial charge on any atom is 0.227 e. The number of carbonyl (C=O) groups is 2. The lowest BCUT2D eigenvalue weighted by Crippen LogP contribution is -2.46. The normalized spacial score (nSPS) is 15.9. The molecule has 0 spiro atoms. The molecule has 1 saturated heterocycles. The Labute approximate surface area is 161 Å². The van der Waals surface area contributed by atoms with E-state index in [0.717, 1.165) is 25.8 Å². The van der Waals surface area contributed by atoms with Gasteiger partial charge in [-0.3, -0.25) is 9.59 Å². The fraction of sp³-hybridized carbons (Fsp3) is 0.545. The highest BCUT2D eigenvalue weighted by Gasteiger charge is 2.32. The van der Waals surface area contributed by atoms with Gasteiger partial charge in [0, 0.05) is 49.2 Å². The molecule has 1 aromatic carbocycles. The van der Waals surface area contributed by atoms with E-state index in [2.05, 4.69) is 40.3 Å². The van der Waals surface area contributed by atoms with Crippen molar-refractivity contribution in [3.8, 4) is 0 Å². The first-order chi connectivity index (χ1) is 12.9. The van der Waals surface area contributed by atoms with E-state index in [1.807, 2.05) is 31.7 Å². The van der Waals surface area contributed by atoms with Gasteiger partial charge in [-0.05, 0) is 36.8 Å². The van der Waals surface area contributed by atoms with Crippen LogP contribution in [-0.2, 0) is 16.1 Å². The van der Waals surface area contributed by atoms with Gasteiger partial charge in [-0.2, -0.15) is 0 Å². The van der Waals surface area contributed by atoms with E-state index in [1.54, 1.807) is 0 Å². The maximum absolute atomic E-state index is 12.4. The number of aromatic nitrogens is 1. The molecule has 146 valence electrons. The molecule has 1 aromatic heterocycles. The van der Waals surface area contributed by atoms with Gasteiger partial charge in [0.05, 0.1) is 0 Å². The molecule has 0 unspecified atom stereocenters. The number of nitrogens with zero attached hydrogens (tertiary/aromatic N) is 2. The number of hydrogen-bond donors (Lipinski definition) is 1. The van der Waals surface area contributed by atoms with E-state index < -0.39 is 0 Å². The molecule has 0 bridgehead atoms. The van der Waals surface area contributed by atoms with Crippen LogP contribution in [0.5, 0.6) is 0 Å². The molecule has 3 rings (SSSR count). The minimum atomic E-state index is -0.349. The van der Waals surface area contributed by atoms with Gasteiger partial charge in [0.25, 0.3) is 0 Å². The topological polar surface area (TPSA) is 54.3 Å². The minimum Gasteiger partial charge on any atom is -0.356 e. The van der Waals surface area contributed by atoms with Crippen molar-refractivity contribution >= 4 is 22.7 Å². The number of amides is 2. The van der Waals surface area contributed by atoms with Crippen LogP contribution in [-0.4, -0.2) is 40.9 Å². The molecular formula is C22H31N3O2. The van der Waals surface area contributed by atoms with Gasteiger partial charge >= 0.3 is 0 Å². The molecule has 5 nitrogen and oxygen atoms in total. The van der Waals surface area contributed by atoms with Gasteiger partial charge in [-0.25, -0.2) is 0 Å². The average molecular weight is 370 g/mol. The molecule has 0 aliphatic carbocycles. The van der Waals surface area contributed by atoms with E-state index in [-0.39, 0.29) is 23.1 Å². The summed E-state index contributed by atoms with van der Waals surface area (Å²) in [7, 11) is 0. The number of hydrogen-bond acceptors (Lipinski definition) is 2. The molecule has 2 heterocycles. The third-order valence-electron chi connectivity index (χ3n) is 5.35. The number of piperidine rings is 1. The lowest BCUT2D eigenvalue weighted by Gasteiger charge is -2.35. The largest absolute Gasteiger partial charge is 0.356 e. The Kier molecular flexibility index (Phi) is 5.88. The number of rotatable bonds is 5. The summed E-state index contributed by atoms with van der Waals surface area (Å²) in [5.41, 5.74) is 0.886. The Morgan fingerprint density at radius 3 is 2.52 bits per heavy atom. The van der Waals surface area contributed by atoms with Crippen molar-refractivity contribution in [2.45, 2.75) is 46.6 Å². The second kappa shape index (κ2) is 8.15. The van der Waals surface area contributed by atoms with Gasteiger partial charge in [0.1, 0.15) is 0 Å². The van der Waals surface area contributed by atoms with Crippen LogP contribution in [0.1, 0.15) is 40.0 Å². The van der Waals surface area contributed by atoms with Crippen LogP contribution in [0, 0.1) is 11.3 Å². The lowest BCUT2D eigenvalue weighted by atomic mass is 9.90. The highest BCUT2D eigenvalue weighted by molar-refractivity contribution is 5.83.